The Hall–Kier alpha value is -3.64. The number of benzene rings is 3. The second-order valence-corrected chi connectivity index (χ2v) is 7.67. The molecule has 0 saturated heterocycles. The molecular weight excluding hydrogens is 416 g/mol. The molecule has 172 valence electrons. The minimum atomic E-state index is -0.481. The van der Waals surface area contributed by atoms with E-state index < -0.39 is 6.09 Å². The molecule has 0 aliphatic heterocycles. The van der Waals surface area contributed by atoms with Gasteiger partial charge in [-0.1, -0.05) is 84.9 Å². The molecule has 0 atom stereocenters. The molecule has 2 amide bonds. The molecule has 0 aliphatic carbocycles. The number of ether oxygens (including phenoxy) is 2. The lowest BCUT2D eigenvalue weighted by atomic mass is 10.1. The monoisotopic (exact) mass is 446 g/mol. The van der Waals surface area contributed by atoms with Gasteiger partial charge in [0, 0.05) is 19.5 Å². The maximum atomic E-state index is 12.1. The fraction of sp³-hybridized carbons (Fsp3) is 0.259. The number of carbonyl (C=O) groups excluding carboxylic acids is 2. The molecule has 3 aromatic carbocycles. The third-order valence-electron chi connectivity index (χ3n) is 4.92. The Morgan fingerprint density at radius 1 is 0.667 bits per heavy atom. The highest BCUT2D eigenvalue weighted by Gasteiger charge is 2.05. The fourth-order valence-electron chi connectivity index (χ4n) is 3.19. The van der Waals surface area contributed by atoms with Crippen LogP contribution in [0.5, 0.6) is 0 Å². The zero-order valence-corrected chi connectivity index (χ0v) is 18.7. The van der Waals surface area contributed by atoms with Gasteiger partial charge in [0.05, 0.1) is 13.2 Å². The van der Waals surface area contributed by atoms with E-state index in [2.05, 4.69) is 10.6 Å². The van der Waals surface area contributed by atoms with Crippen LogP contribution < -0.4 is 10.6 Å². The maximum absolute atomic E-state index is 12.1. The van der Waals surface area contributed by atoms with E-state index in [4.69, 9.17) is 9.47 Å². The minimum Gasteiger partial charge on any atom is -0.445 e. The average molecular weight is 447 g/mol. The van der Waals surface area contributed by atoms with Crippen molar-refractivity contribution < 1.29 is 19.1 Å². The van der Waals surface area contributed by atoms with Crippen molar-refractivity contribution in [1.82, 2.24) is 10.6 Å². The molecule has 0 fully saturated rings. The zero-order valence-electron chi connectivity index (χ0n) is 18.7. The quantitative estimate of drug-likeness (QED) is 0.395. The van der Waals surface area contributed by atoms with Gasteiger partial charge in [-0.3, -0.25) is 4.79 Å². The average Bonchev–Trinajstić information content (AvgIpc) is 2.86. The number of nitrogens with one attached hydrogen (secondary N) is 2. The number of hydrogen-bond acceptors (Lipinski definition) is 4. The van der Waals surface area contributed by atoms with Crippen molar-refractivity contribution in [2.24, 2.45) is 0 Å². The molecule has 0 saturated carbocycles. The number of amides is 2. The van der Waals surface area contributed by atoms with Crippen molar-refractivity contribution in [3.05, 3.63) is 107 Å². The molecule has 0 bridgehead atoms. The molecule has 0 heterocycles. The van der Waals surface area contributed by atoms with Crippen molar-refractivity contribution >= 4 is 12.0 Å². The van der Waals surface area contributed by atoms with E-state index in [1.165, 1.54) is 0 Å². The lowest BCUT2D eigenvalue weighted by Crippen LogP contribution is -2.27. The van der Waals surface area contributed by atoms with Crippen molar-refractivity contribution in [2.75, 3.05) is 6.54 Å². The summed E-state index contributed by atoms with van der Waals surface area (Å²) in [5.41, 5.74) is 4.15. The molecule has 6 heteroatoms. The van der Waals surface area contributed by atoms with E-state index in [1.807, 2.05) is 84.9 Å². The van der Waals surface area contributed by atoms with Gasteiger partial charge in [0.15, 0.2) is 0 Å². The molecule has 3 rings (SSSR count). The molecule has 33 heavy (non-hydrogen) atoms. The van der Waals surface area contributed by atoms with Crippen molar-refractivity contribution in [2.45, 2.75) is 39.2 Å². The second kappa shape index (κ2) is 13.7. The van der Waals surface area contributed by atoms with Gasteiger partial charge in [-0.05, 0) is 28.7 Å². The van der Waals surface area contributed by atoms with Crippen LogP contribution in [0.4, 0.5) is 4.79 Å². The lowest BCUT2D eigenvalue weighted by molar-refractivity contribution is -0.121. The van der Waals surface area contributed by atoms with Gasteiger partial charge < -0.3 is 20.1 Å². The van der Waals surface area contributed by atoms with E-state index in [9.17, 15) is 9.59 Å². The van der Waals surface area contributed by atoms with E-state index in [0.717, 1.165) is 22.3 Å². The smallest absolute Gasteiger partial charge is 0.407 e. The van der Waals surface area contributed by atoms with Gasteiger partial charge in [0.25, 0.3) is 0 Å². The van der Waals surface area contributed by atoms with Crippen molar-refractivity contribution in [1.29, 1.82) is 0 Å². The normalized spacial score (nSPS) is 10.4. The van der Waals surface area contributed by atoms with Crippen LogP contribution in [0.2, 0.25) is 0 Å². The first-order valence-corrected chi connectivity index (χ1v) is 11.1. The van der Waals surface area contributed by atoms with Gasteiger partial charge in [-0.2, -0.15) is 0 Å². The van der Waals surface area contributed by atoms with Crippen LogP contribution in [0.15, 0.2) is 84.9 Å². The van der Waals surface area contributed by atoms with Crippen LogP contribution in [0.3, 0.4) is 0 Å². The Morgan fingerprint density at radius 2 is 1.27 bits per heavy atom. The summed E-state index contributed by atoms with van der Waals surface area (Å²) < 4.78 is 10.9. The summed E-state index contributed by atoms with van der Waals surface area (Å²) in [4.78, 5) is 23.8. The Balaban J connectivity index is 1.27. The van der Waals surface area contributed by atoms with Crippen LogP contribution in [0.1, 0.15) is 35.1 Å². The summed E-state index contributed by atoms with van der Waals surface area (Å²) >= 11 is 0. The molecule has 0 unspecified atom stereocenters. The summed E-state index contributed by atoms with van der Waals surface area (Å²) in [5, 5.41) is 5.59. The second-order valence-electron chi connectivity index (χ2n) is 7.67. The first-order chi connectivity index (χ1) is 16.2. The minimum absolute atomic E-state index is 0.0554. The molecule has 0 spiro atoms. The molecule has 0 aromatic heterocycles. The molecule has 0 radical (unpaired) electrons. The Morgan fingerprint density at radius 3 is 2.00 bits per heavy atom. The van der Waals surface area contributed by atoms with Gasteiger partial charge in [-0.25, -0.2) is 4.79 Å². The van der Waals surface area contributed by atoms with Crippen LogP contribution in [-0.2, 0) is 40.6 Å². The van der Waals surface area contributed by atoms with Crippen molar-refractivity contribution in [3.8, 4) is 0 Å². The summed E-state index contributed by atoms with van der Waals surface area (Å²) in [6, 6.07) is 27.5. The van der Waals surface area contributed by atoms with E-state index >= 15 is 0 Å². The number of carbonyl (C=O) groups is 2. The molecular formula is C27H30N2O4. The first-order valence-electron chi connectivity index (χ1n) is 11.1. The van der Waals surface area contributed by atoms with Crippen LogP contribution in [0, 0.1) is 0 Å². The summed E-state index contributed by atoms with van der Waals surface area (Å²) in [6.45, 7) is 2.15. The number of hydrogen-bond donors (Lipinski definition) is 2. The van der Waals surface area contributed by atoms with Gasteiger partial charge in [0.1, 0.15) is 6.61 Å². The number of rotatable bonds is 12. The predicted molar refractivity (Wildman–Crippen MR) is 127 cm³/mol. The SMILES string of the molecule is O=C(CCCNC(=O)OCc1ccccc1)NCc1cccc(COCc2ccccc2)c1. The highest BCUT2D eigenvalue weighted by atomic mass is 16.5. The third kappa shape index (κ3) is 9.58. The van der Waals surface area contributed by atoms with Crippen LogP contribution >= 0.6 is 0 Å². The Kier molecular flexibility index (Phi) is 9.97. The molecule has 2 N–H and O–H groups in total. The summed E-state index contributed by atoms with van der Waals surface area (Å²) in [5.74, 6) is -0.0554. The van der Waals surface area contributed by atoms with E-state index in [0.29, 0.717) is 39.1 Å². The first kappa shape index (κ1) is 24.0. The van der Waals surface area contributed by atoms with Gasteiger partial charge in [0.2, 0.25) is 5.91 Å². The Bertz CT molecular complexity index is 993. The van der Waals surface area contributed by atoms with Crippen LogP contribution in [0.25, 0.3) is 0 Å². The third-order valence-corrected chi connectivity index (χ3v) is 4.92. The van der Waals surface area contributed by atoms with Crippen LogP contribution in [-0.4, -0.2) is 18.5 Å². The fourth-order valence-corrected chi connectivity index (χ4v) is 3.19. The molecule has 6 nitrogen and oxygen atoms in total. The van der Waals surface area contributed by atoms with Gasteiger partial charge in [-0.15, -0.1) is 0 Å². The maximum Gasteiger partial charge on any atom is 0.407 e. The largest absolute Gasteiger partial charge is 0.445 e. The topological polar surface area (TPSA) is 76.7 Å². The summed E-state index contributed by atoms with van der Waals surface area (Å²) in [7, 11) is 0. The predicted octanol–water partition coefficient (Wildman–Crippen LogP) is 4.73. The number of alkyl carbamates (subject to hydrolysis) is 1. The highest BCUT2D eigenvalue weighted by molar-refractivity contribution is 5.76. The van der Waals surface area contributed by atoms with E-state index in [1.54, 1.807) is 0 Å². The Labute approximate surface area is 194 Å². The zero-order chi connectivity index (χ0) is 23.1. The summed E-state index contributed by atoms with van der Waals surface area (Å²) in [6.07, 6.45) is 0.393. The lowest BCUT2D eigenvalue weighted by Gasteiger charge is -2.09. The molecule has 0 aliphatic rings. The standard InChI is InChI=1S/C27H30N2O4/c30-26(15-8-16-28-27(31)33-21-23-11-5-2-6-12-23)29-18-24-13-7-14-25(17-24)20-32-19-22-9-3-1-4-10-22/h1-7,9-14,17H,8,15-16,18-21H2,(H,28,31)(H,29,30). The van der Waals surface area contributed by atoms with Crippen molar-refractivity contribution in [3.63, 3.8) is 0 Å². The van der Waals surface area contributed by atoms with Gasteiger partial charge >= 0.3 is 6.09 Å². The highest BCUT2D eigenvalue weighted by Crippen LogP contribution is 2.09. The molecule has 3 aromatic rings. The van der Waals surface area contributed by atoms with E-state index in [-0.39, 0.29) is 12.5 Å².